The second-order valence-electron chi connectivity index (χ2n) is 5.75. The van der Waals surface area contributed by atoms with Crippen molar-refractivity contribution >= 4 is 0 Å². The number of rotatable bonds is 4. The first-order chi connectivity index (χ1) is 7.00. The lowest BCUT2D eigenvalue weighted by Gasteiger charge is -2.47. The molecule has 3 unspecified atom stereocenters. The minimum absolute atomic E-state index is 0.387. The van der Waals surface area contributed by atoms with E-state index in [1.807, 2.05) is 0 Å². The Labute approximate surface area is 95.0 Å². The van der Waals surface area contributed by atoms with Crippen molar-refractivity contribution in [2.75, 3.05) is 13.1 Å². The molecule has 0 heterocycles. The van der Waals surface area contributed by atoms with Crippen LogP contribution in [0.4, 0.5) is 0 Å². The van der Waals surface area contributed by atoms with Crippen LogP contribution in [0.3, 0.4) is 0 Å². The van der Waals surface area contributed by atoms with Gasteiger partial charge in [-0.15, -0.1) is 0 Å². The van der Waals surface area contributed by atoms with E-state index in [2.05, 4.69) is 33.0 Å². The largest absolute Gasteiger partial charge is 0.327 e. The fourth-order valence-corrected chi connectivity index (χ4v) is 2.76. The quantitative estimate of drug-likeness (QED) is 0.702. The summed E-state index contributed by atoms with van der Waals surface area (Å²) in [6.45, 7) is 11.6. The smallest absolute Gasteiger partial charge is 0.00698 e. The van der Waals surface area contributed by atoms with Gasteiger partial charge >= 0.3 is 0 Å². The first-order valence-electron chi connectivity index (χ1n) is 6.46. The van der Waals surface area contributed by atoms with E-state index in [4.69, 9.17) is 5.73 Å². The number of nitrogens with two attached hydrogens (primary N) is 1. The van der Waals surface area contributed by atoms with Crippen molar-refractivity contribution in [3.05, 3.63) is 0 Å². The van der Waals surface area contributed by atoms with Crippen molar-refractivity contribution in [2.24, 2.45) is 23.0 Å². The van der Waals surface area contributed by atoms with Crippen LogP contribution in [0.5, 0.6) is 0 Å². The molecule has 0 aromatic heterocycles. The summed E-state index contributed by atoms with van der Waals surface area (Å²) in [5.74, 6) is 1.43. The Morgan fingerprint density at radius 3 is 2.60 bits per heavy atom. The van der Waals surface area contributed by atoms with Gasteiger partial charge in [-0.3, -0.25) is 0 Å². The van der Waals surface area contributed by atoms with Gasteiger partial charge in [0.05, 0.1) is 0 Å². The van der Waals surface area contributed by atoms with Gasteiger partial charge < -0.3 is 11.1 Å². The van der Waals surface area contributed by atoms with Gasteiger partial charge in [0, 0.05) is 6.04 Å². The Morgan fingerprint density at radius 2 is 2.00 bits per heavy atom. The highest BCUT2D eigenvalue weighted by Crippen LogP contribution is 2.43. The van der Waals surface area contributed by atoms with Gasteiger partial charge in [-0.05, 0) is 49.6 Å². The lowest BCUT2D eigenvalue weighted by molar-refractivity contribution is 0.0542. The molecule has 15 heavy (non-hydrogen) atoms. The summed E-state index contributed by atoms with van der Waals surface area (Å²) in [7, 11) is 0. The molecule has 90 valence electrons. The molecule has 2 nitrogen and oxygen atoms in total. The molecule has 1 saturated carbocycles. The third kappa shape index (κ3) is 2.94. The minimum Gasteiger partial charge on any atom is -0.327 e. The Bertz CT molecular complexity index is 189. The second kappa shape index (κ2) is 5.31. The average molecular weight is 212 g/mol. The summed E-state index contributed by atoms with van der Waals surface area (Å²) in [6.07, 6.45) is 3.71. The van der Waals surface area contributed by atoms with Crippen LogP contribution in [0.1, 0.15) is 47.0 Å². The zero-order valence-electron chi connectivity index (χ0n) is 10.8. The van der Waals surface area contributed by atoms with Crippen molar-refractivity contribution in [3.63, 3.8) is 0 Å². The summed E-state index contributed by atoms with van der Waals surface area (Å²) in [4.78, 5) is 0. The molecular formula is C13H28N2. The maximum atomic E-state index is 6.15. The molecule has 1 aliphatic carbocycles. The van der Waals surface area contributed by atoms with Crippen LogP contribution >= 0.6 is 0 Å². The van der Waals surface area contributed by atoms with Crippen LogP contribution in [0.25, 0.3) is 0 Å². The SMILES string of the molecule is CCCNCC1CCC(N)C(C)C1(C)C. The highest BCUT2D eigenvalue weighted by Gasteiger charge is 2.40. The molecule has 0 spiro atoms. The van der Waals surface area contributed by atoms with Crippen molar-refractivity contribution < 1.29 is 0 Å². The molecule has 0 aromatic rings. The van der Waals surface area contributed by atoms with E-state index in [0.29, 0.717) is 17.4 Å². The molecule has 0 saturated heterocycles. The molecular weight excluding hydrogens is 184 g/mol. The van der Waals surface area contributed by atoms with Gasteiger partial charge in [0.25, 0.3) is 0 Å². The lowest BCUT2D eigenvalue weighted by atomic mass is 9.61. The van der Waals surface area contributed by atoms with Gasteiger partial charge in [0.2, 0.25) is 0 Å². The molecule has 0 bridgehead atoms. The zero-order valence-corrected chi connectivity index (χ0v) is 10.8. The minimum atomic E-state index is 0.387. The Balaban J connectivity index is 2.50. The zero-order chi connectivity index (χ0) is 11.5. The highest BCUT2D eigenvalue weighted by molar-refractivity contribution is 4.93. The van der Waals surface area contributed by atoms with Crippen molar-refractivity contribution in [1.29, 1.82) is 0 Å². The van der Waals surface area contributed by atoms with E-state index in [9.17, 15) is 0 Å². The maximum absolute atomic E-state index is 6.15. The highest BCUT2D eigenvalue weighted by atomic mass is 14.9. The van der Waals surface area contributed by atoms with E-state index in [1.165, 1.54) is 19.3 Å². The van der Waals surface area contributed by atoms with E-state index in [0.717, 1.165) is 19.0 Å². The number of hydrogen-bond donors (Lipinski definition) is 2. The Kier molecular flexibility index (Phi) is 4.60. The molecule has 0 amide bonds. The molecule has 1 aliphatic rings. The fraction of sp³-hybridized carbons (Fsp3) is 1.00. The second-order valence-corrected chi connectivity index (χ2v) is 5.75. The van der Waals surface area contributed by atoms with E-state index >= 15 is 0 Å². The first-order valence-corrected chi connectivity index (χ1v) is 6.46. The predicted octanol–water partition coefficient (Wildman–Crippen LogP) is 2.39. The van der Waals surface area contributed by atoms with Crippen LogP contribution in [0.2, 0.25) is 0 Å². The Morgan fingerprint density at radius 1 is 1.33 bits per heavy atom. The van der Waals surface area contributed by atoms with Gasteiger partial charge in [-0.2, -0.15) is 0 Å². The van der Waals surface area contributed by atoms with Crippen molar-refractivity contribution in [3.8, 4) is 0 Å². The molecule has 0 radical (unpaired) electrons. The number of hydrogen-bond acceptors (Lipinski definition) is 2. The summed E-state index contributed by atoms with van der Waals surface area (Å²) in [5.41, 5.74) is 6.54. The molecule has 1 fully saturated rings. The average Bonchev–Trinajstić information content (AvgIpc) is 2.19. The van der Waals surface area contributed by atoms with Crippen LogP contribution in [-0.2, 0) is 0 Å². The lowest BCUT2D eigenvalue weighted by Crippen LogP contribution is -2.49. The molecule has 2 heteroatoms. The summed E-state index contributed by atoms with van der Waals surface area (Å²) < 4.78 is 0. The molecule has 1 rings (SSSR count). The summed E-state index contributed by atoms with van der Waals surface area (Å²) >= 11 is 0. The van der Waals surface area contributed by atoms with Crippen LogP contribution in [0.15, 0.2) is 0 Å². The third-order valence-electron chi connectivity index (χ3n) is 4.53. The van der Waals surface area contributed by atoms with Gasteiger partial charge in [-0.25, -0.2) is 0 Å². The monoisotopic (exact) mass is 212 g/mol. The van der Waals surface area contributed by atoms with Crippen molar-refractivity contribution in [2.45, 2.75) is 53.0 Å². The van der Waals surface area contributed by atoms with Gasteiger partial charge in [-0.1, -0.05) is 27.7 Å². The molecule has 0 aliphatic heterocycles. The number of nitrogens with one attached hydrogen (secondary N) is 1. The Hall–Kier alpha value is -0.0800. The van der Waals surface area contributed by atoms with Crippen LogP contribution in [-0.4, -0.2) is 19.1 Å². The van der Waals surface area contributed by atoms with E-state index < -0.39 is 0 Å². The first kappa shape index (κ1) is 13.0. The molecule has 0 aromatic carbocycles. The summed E-state index contributed by atoms with van der Waals surface area (Å²) in [5, 5.41) is 3.55. The van der Waals surface area contributed by atoms with Crippen LogP contribution < -0.4 is 11.1 Å². The maximum Gasteiger partial charge on any atom is 0.00698 e. The van der Waals surface area contributed by atoms with Gasteiger partial charge in [0.15, 0.2) is 0 Å². The van der Waals surface area contributed by atoms with Crippen LogP contribution in [0, 0.1) is 17.3 Å². The molecule has 3 N–H and O–H groups in total. The molecule has 3 atom stereocenters. The van der Waals surface area contributed by atoms with E-state index in [1.54, 1.807) is 0 Å². The normalized spacial score (nSPS) is 35.4. The third-order valence-corrected chi connectivity index (χ3v) is 4.53. The van der Waals surface area contributed by atoms with Crippen molar-refractivity contribution in [1.82, 2.24) is 5.32 Å². The van der Waals surface area contributed by atoms with E-state index in [-0.39, 0.29) is 0 Å². The fourth-order valence-electron chi connectivity index (χ4n) is 2.76. The summed E-state index contributed by atoms with van der Waals surface area (Å²) in [6, 6.07) is 0.405. The van der Waals surface area contributed by atoms with Gasteiger partial charge in [0.1, 0.15) is 0 Å². The standard InChI is InChI=1S/C13H28N2/c1-5-8-15-9-11-6-7-12(14)10(2)13(11,3)4/h10-12,15H,5-9,14H2,1-4H3. The topological polar surface area (TPSA) is 38.0 Å². The predicted molar refractivity (Wildman–Crippen MR) is 66.8 cm³/mol.